The SMILES string of the molecule is Fc1ccc([C@H](Oc2c(F)cccc2F)C2CNCCO2)cc1. The summed E-state index contributed by atoms with van der Waals surface area (Å²) >= 11 is 0. The summed E-state index contributed by atoms with van der Waals surface area (Å²) < 4.78 is 52.2. The lowest BCUT2D eigenvalue weighted by atomic mass is 10.0. The maximum Gasteiger partial charge on any atom is 0.191 e. The van der Waals surface area contributed by atoms with E-state index in [1.54, 1.807) is 0 Å². The molecule has 2 aromatic carbocycles. The standard InChI is InChI=1S/C17H16F3NO2/c18-12-6-4-11(5-7-12)16(15-10-21-8-9-22-15)23-17-13(19)2-1-3-14(17)20/h1-7,15-16,21H,8-10H2/t15?,16-/m0/s1. The molecule has 0 amide bonds. The van der Waals surface area contributed by atoms with Crippen molar-refractivity contribution in [3.8, 4) is 5.75 Å². The van der Waals surface area contributed by atoms with Crippen molar-refractivity contribution in [2.24, 2.45) is 0 Å². The molecule has 1 fully saturated rings. The highest BCUT2D eigenvalue weighted by Crippen LogP contribution is 2.31. The molecule has 2 aromatic rings. The molecule has 1 heterocycles. The Bertz CT molecular complexity index is 637. The van der Waals surface area contributed by atoms with Crippen LogP contribution in [0.5, 0.6) is 5.75 Å². The van der Waals surface area contributed by atoms with E-state index in [9.17, 15) is 13.2 Å². The van der Waals surface area contributed by atoms with Crippen molar-refractivity contribution in [2.75, 3.05) is 19.7 Å². The molecule has 1 aliphatic heterocycles. The van der Waals surface area contributed by atoms with Gasteiger partial charge in [-0.15, -0.1) is 0 Å². The molecule has 122 valence electrons. The molecule has 1 N–H and O–H groups in total. The summed E-state index contributed by atoms with van der Waals surface area (Å²) in [5.74, 6) is -2.44. The highest BCUT2D eigenvalue weighted by Gasteiger charge is 2.29. The quantitative estimate of drug-likeness (QED) is 0.937. The molecule has 0 aromatic heterocycles. The van der Waals surface area contributed by atoms with E-state index in [1.165, 1.54) is 30.3 Å². The Morgan fingerprint density at radius 1 is 1.04 bits per heavy atom. The van der Waals surface area contributed by atoms with Crippen molar-refractivity contribution in [1.82, 2.24) is 5.32 Å². The third-order valence-corrected chi connectivity index (χ3v) is 3.66. The molecule has 3 rings (SSSR count). The zero-order valence-corrected chi connectivity index (χ0v) is 12.3. The maximum atomic E-state index is 13.9. The number of hydrogen-bond donors (Lipinski definition) is 1. The second-order valence-electron chi connectivity index (χ2n) is 5.25. The first-order chi connectivity index (χ1) is 11.1. The largest absolute Gasteiger partial charge is 0.477 e. The highest BCUT2D eigenvalue weighted by atomic mass is 19.1. The van der Waals surface area contributed by atoms with Crippen molar-refractivity contribution in [1.29, 1.82) is 0 Å². The summed E-state index contributed by atoms with van der Waals surface area (Å²) in [6.07, 6.45) is -1.19. The number of nitrogens with one attached hydrogen (secondary N) is 1. The smallest absolute Gasteiger partial charge is 0.191 e. The van der Waals surface area contributed by atoms with E-state index >= 15 is 0 Å². The van der Waals surface area contributed by atoms with Crippen LogP contribution in [0.15, 0.2) is 42.5 Å². The van der Waals surface area contributed by atoms with Crippen molar-refractivity contribution in [3.63, 3.8) is 0 Å². The van der Waals surface area contributed by atoms with Gasteiger partial charge in [0, 0.05) is 13.1 Å². The van der Waals surface area contributed by atoms with Gasteiger partial charge in [-0.2, -0.15) is 0 Å². The minimum absolute atomic E-state index is 0.396. The van der Waals surface area contributed by atoms with Crippen LogP contribution in [-0.4, -0.2) is 25.8 Å². The van der Waals surface area contributed by atoms with Gasteiger partial charge >= 0.3 is 0 Å². The fraction of sp³-hybridized carbons (Fsp3) is 0.294. The van der Waals surface area contributed by atoms with Gasteiger partial charge in [-0.3, -0.25) is 0 Å². The summed E-state index contributed by atoms with van der Waals surface area (Å²) in [4.78, 5) is 0. The van der Waals surface area contributed by atoms with Crippen LogP contribution in [0.1, 0.15) is 11.7 Å². The molecule has 2 atom stereocenters. The first-order valence-electron chi connectivity index (χ1n) is 7.33. The lowest BCUT2D eigenvalue weighted by Gasteiger charge is -2.31. The molecule has 23 heavy (non-hydrogen) atoms. The zero-order chi connectivity index (χ0) is 16.2. The topological polar surface area (TPSA) is 30.5 Å². The van der Waals surface area contributed by atoms with Crippen molar-refractivity contribution in [3.05, 3.63) is 65.5 Å². The van der Waals surface area contributed by atoms with Crippen LogP contribution >= 0.6 is 0 Å². The lowest BCUT2D eigenvalue weighted by molar-refractivity contribution is -0.0453. The second kappa shape index (κ2) is 7.02. The third kappa shape index (κ3) is 3.65. The molecule has 0 bridgehead atoms. The second-order valence-corrected chi connectivity index (χ2v) is 5.25. The number of benzene rings is 2. The summed E-state index contributed by atoms with van der Waals surface area (Å²) in [6.45, 7) is 1.63. The predicted molar refractivity (Wildman–Crippen MR) is 78.7 cm³/mol. The molecule has 1 aliphatic rings. The van der Waals surface area contributed by atoms with Gasteiger partial charge in [0.05, 0.1) is 6.61 Å². The van der Waals surface area contributed by atoms with Crippen LogP contribution in [-0.2, 0) is 4.74 Å². The average Bonchev–Trinajstić information content (AvgIpc) is 2.57. The number of para-hydroxylation sites is 1. The number of ether oxygens (including phenoxy) is 2. The molecule has 0 radical (unpaired) electrons. The van der Waals surface area contributed by atoms with E-state index in [0.29, 0.717) is 25.3 Å². The van der Waals surface area contributed by atoms with Crippen molar-refractivity contribution in [2.45, 2.75) is 12.2 Å². The number of rotatable bonds is 4. The molecule has 1 saturated heterocycles. The number of morpholine rings is 1. The van der Waals surface area contributed by atoms with Gasteiger partial charge in [-0.05, 0) is 29.8 Å². The Balaban J connectivity index is 1.92. The summed E-state index contributed by atoms with van der Waals surface area (Å²) in [5.41, 5.74) is 0.586. The van der Waals surface area contributed by atoms with Gasteiger partial charge in [0.15, 0.2) is 23.5 Å². The fourth-order valence-corrected chi connectivity index (χ4v) is 2.51. The number of hydrogen-bond acceptors (Lipinski definition) is 3. The van der Waals surface area contributed by atoms with Gasteiger partial charge in [0.2, 0.25) is 0 Å². The van der Waals surface area contributed by atoms with Crippen LogP contribution in [0.2, 0.25) is 0 Å². The Kier molecular flexibility index (Phi) is 4.83. The monoisotopic (exact) mass is 323 g/mol. The Morgan fingerprint density at radius 3 is 2.35 bits per heavy atom. The molecule has 0 aliphatic carbocycles. The van der Waals surface area contributed by atoms with Gasteiger partial charge in [-0.25, -0.2) is 13.2 Å². The lowest BCUT2D eigenvalue weighted by Crippen LogP contribution is -2.43. The van der Waals surface area contributed by atoms with E-state index in [1.807, 2.05) is 0 Å². The first-order valence-corrected chi connectivity index (χ1v) is 7.33. The van der Waals surface area contributed by atoms with Crippen molar-refractivity contribution < 1.29 is 22.6 Å². The van der Waals surface area contributed by atoms with Gasteiger partial charge in [0.25, 0.3) is 0 Å². The van der Waals surface area contributed by atoms with E-state index < -0.39 is 35.4 Å². The minimum Gasteiger partial charge on any atom is -0.477 e. The molecule has 1 unspecified atom stereocenters. The summed E-state index contributed by atoms with van der Waals surface area (Å²) in [6, 6.07) is 9.12. The van der Waals surface area contributed by atoms with Crippen LogP contribution in [0.25, 0.3) is 0 Å². The van der Waals surface area contributed by atoms with Crippen molar-refractivity contribution >= 4 is 0 Å². The molecule has 3 nitrogen and oxygen atoms in total. The predicted octanol–water partition coefficient (Wildman–Crippen LogP) is 3.21. The molecule has 0 saturated carbocycles. The third-order valence-electron chi connectivity index (χ3n) is 3.66. The van der Waals surface area contributed by atoms with Gasteiger partial charge in [0.1, 0.15) is 11.9 Å². The first kappa shape index (κ1) is 15.8. The highest BCUT2D eigenvalue weighted by molar-refractivity contribution is 5.29. The van der Waals surface area contributed by atoms with E-state index in [2.05, 4.69) is 5.32 Å². The van der Waals surface area contributed by atoms with E-state index in [0.717, 1.165) is 12.1 Å². The average molecular weight is 323 g/mol. The van der Waals surface area contributed by atoms with Crippen LogP contribution < -0.4 is 10.1 Å². The summed E-state index contributed by atoms with van der Waals surface area (Å²) in [7, 11) is 0. The Hall–Kier alpha value is -2.05. The Labute approximate surface area is 132 Å². The zero-order valence-electron chi connectivity index (χ0n) is 12.3. The number of halogens is 3. The van der Waals surface area contributed by atoms with Crippen LogP contribution in [0, 0.1) is 17.5 Å². The molecular formula is C17H16F3NO2. The molecular weight excluding hydrogens is 307 g/mol. The molecule has 6 heteroatoms. The van der Waals surface area contributed by atoms with E-state index in [4.69, 9.17) is 9.47 Å². The van der Waals surface area contributed by atoms with Gasteiger partial charge < -0.3 is 14.8 Å². The normalized spacial score (nSPS) is 19.3. The van der Waals surface area contributed by atoms with E-state index in [-0.39, 0.29) is 0 Å². The summed E-state index contributed by atoms with van der Waals surface area (Å²) in [5, 5.41) is 3.14. The maximum absolute atomic E-state index is 13.9. The molecule has 0 spiro atoms. The Morgan fingerprint density at radius 2 is 1.74 bits per heavy atom. The fourth-order valence-electron chi connectivity index (χ4n) is 2.51. The van der Waals surface area contributed by atoms with Crippen LogP contribution in [0.4, 0.5) is 13.2 Å². The van der Waals surface area contributed by atoms with Gasteiger partial charge in [-0.1, -0.05) is 18.2 Å². The van der Waals surface area contributed by atoms with Crippen LogP contribution in [0.3, 0.4) is 0 Å². The minimum atomic E-state index is -0.791.